The molecule has 3 nitrogen and oxygen atoms in total. The van der Waals surface area contributed by atoms with E-state index in [-0.39, 0.29) is 6.10 Å². The van der Waals surface area contributed by atoms with Crippen LogP contribution < -0.4 is 14.8 Å². The van der Waals surface area contributed by atoms with Crippen molar-refractivity contribution in [2.75, 3.05) is 11.9 Å². The average Bonchev–Trinajstić information content (AvgIpc) is 2.74. The number of ether oxygens (including phenoxy) is 2. The first-order chi connectivity index (χ1) is 13.7. The highest BCUT2D eigenvalue weighted by Gasteiger charge is 2.02. The molecule has 0 bridgehead atoms. The molecule has 0 aromatic heterocycles. The van der Waals surface area contributed by atoms with E-state index in [2.05, 4.69) is 61.6 Å². The Hall–Kier alpha value is -2.94. The van der Waals surface area contributed by atoms with Crippen molar-refractivity contribution in [1.82, 2.24) is 0 Å². The summed E-state index contributed by atoms with van der Waals surface area (Å²) in [5.41, 5.74) is 3.56. The van der Waals surface area contributed by atoms with E-state index in [0.29, 0.717) is 6.61 Å². The predicted octanol–water partition coefficient (Wildman–Crippen LogP) is 6.10. The fourth-order valence-corrected chi connectivity index (χ4v) is 2.83. The largest absolute Gasteiger partial charge is 0.493 e. The van der Waals surface area contributed by atoms with Gasteiger partial charge in [-0.3, -0.25) is 0 Å². The van der Waals surface area contributed by atoms with Crippen molar-refractivity contribution < 1.29 is 9.47 Å². The molecule has 3 heteroatoms. The van der Waals surface area contributed by atoms with Gasteiger partial charge in [-0.25, -0.2) is 0 Å². The zero-order valence-electron chi connectivity index (χ0n) is 16.7. The maximum atomic E-state index is 5.91. The molecule has 0 spiro atoms. The smallest absolute Gasteiger partial charge is 0.121 e. The molecule has 0 saturated carbocycles. The minimum atomic E-state index is 0.244. The van der Waals surface area contributed by atoms with Crippen LogP contribution in [0.4, 0.5) is 5.69 Å². The van der Waals surface area contributed by atoms with E-state index in [0.717, 1.165) is 36.6 Å². The third-order valence-corrected chi connectivity index (χ3v) is 4.67. The molecule has 0 radical (unpaired) electrons. The molecule has 0 saturated heterocycles. The first kappa shape index (κ1) is 19.8. The van der Waals surface area contributed by atoms with Gasteiger partial charge >= 0.3 is 0 Å². The zero-order chi connectivity index (χ0) is 19.6. The van der Waals surface area contributed by atoms with Crippen molar-refractivity contribution in [3.05, 3.63) is 90.0 Å². The highest BCUT2D eigenvalue weighted by molar-refractivity contribution is 5.48. The predicted molar refractivity (Wildman–Crippen MR) is 116 cm³/mol. The fraction of sp³-hybridized carbons (Fsp3) is 0.280. The Kier molecular flexibility index (Phi) is 7.36. The van der Waals surface area contributed by atoms with Gasteiger partial charge in [0, 0.05) is 24.7 Å². The van der Waals surface area contributed by atoms with Gasteiger partial charge in [-0.15, -0.1) is 0 Å². The van der Waals surface area contributed by atoms with Gasteiger partial charge in [-0.1, -0.05) is 55.5 Å². The van der Waals surface area contributed by atoms with Crippen molar-refractivity contribution in [2.24, 2.45) is 0 Å². The lowest BCUT2D eigenvalue weighted by atomic mass is 10.2. The first-order valence-corrected chi connectivity index (χ1v) is 9.99. The van der Waals surface area contributed by atoms with E-state index in [1.807, 2.05) is 36.4 Å². The van der Waals surface area contributed by atoms with Gasteiger partial charge in [0.2, 0.25) is 0 Å². The lowest BCUT2D eigenvalue weighted by Crippen LogP contribution is -2.09. The first-order valence-electron chi connectivity index (χ1n) is 9.99. The van der Waals surface area contributed by atoms with Crippen molar-refractivity contribution >= 4 is 5.69 Å². The lowest BCUT2D eigenvalue weighted by molar-refractivity contribution is 0.217. The minimum Gasteiger partial charge on any atom is -0.493 e. The summed E-state index contributed by atoms with van der Waals surface area (Å²) in [6.45, 7) is 5.65. The van der Waals surface area contributed by atoms with Gasteiger partial charge < -0.3 is 14.8 Å². The lowest BCUT2D eigenvalue weighted by Gasteiger charge is -2.13. The number of hydrogen-bond donors (Lipinski definition) is 1. The van der Waals surface area contributed by atoms with Crippen LogP contribution >= 0.6 is 0 Å². The standard InChI is InChI=1S/C25H29NO2/c1-3-20(2)28-24-14-12-22(13-15-24)19-26-23-10-7-11-25(18-23)27-17-16-21-8-5-4-6-9-21/h4-15,18,20,26H,3,16-17,19H2,1-2H3. The molecule has 3 rings (SSSR count). The molecule has 3 aromatic carbocycles. The van der Waals surface area contributed by atoms with E-state index < -0.39 is 0 Å². The van der Waals surface area contributed by atoms with Crippen LogP contribution in [0.25, 0.3) is 0 Å². The molecule has 3 aromatic rings. The van der Waals surface area contributed by atoms with Crippen LogP contribution in [0.1, 0.15) is 31.4 Å². The highest BCUT2D eigenvalue weighted by Crippen LogP contribution is 2.20. The summed E-state index contributed by atoms with van der Waals surface area (Å²) in [7, 11) is 0. The van der Waals surface area contributed by atoms with Crippen molar-refractivity contribution in [3.63, 3.8) is 0 Å². The minimum absolute atomic E-state index is 0.244. The summed E-state index contributed by atoms with van der Waals surface area (Å²) in [4.78, 5) is 0. The van der Waals surface area contributed by atoms with Gasteiger partial charge in [-0.05, 0) is 48.7 Å². The van der Waals surface area contributed by atoms with Crippen molar-refractivity contribution in [3.8, 4) is 11.5 Å². The van der Waals surface area contributed by atoms with Crippen LogP contribution in [0, 0.1) is 0 Å². The Morgan fingerprint density at radius 1 is 0.821 bits per heavy atom. The van der Waals surface area contributed by atoms with Gasteiger partial charge in [0.05, 0.1) is 12.7 Å². The van der Waals surface area contributed by atoms with E-state index in [9.17, 15) is 0 Å². The molecule has 0 aliphatic carbocycles. The number of benzene rings is 3. The molecule has 0 heterocycles. The van der Waals surface area contributed by atoms with Crippen LogP contribution in [-0.2, 0) is 13.0 Å². The number of hydrogen-bond acceptors (Lipinski definition) is 3. The topological polar surface area (TPSA) is 30.5 Å². The zero-order valence-corrected chi connectivity index (χ0v) is 16.7. The molecule has 146 valence electrons. The molecule has 0 fully saturated rings. The fourth-order valence-electron chi connectivity index (χ4n) is 2.83. The van der Waals surface area contributed by atoms with Crippen LogP contribution in [0.2, 0.25) is 0 Å². The summed E-state index contributed by atoms with van der Waals surface area (Å²) in [6, 6.07) is 26.8. The summed E-state index contributed by atoms with van der Waals surface area (Å²) in [6.07, 6.45) is 2.16. The second-order valence-corrected chi connectivity index (χ2v) is 6.95. The number of anilines is 1. The maximum absolute atomic E-state index is 5.91. The Bertz CT molecular complexity index is 831. The molecule has 0 aliphatic heterocycles. The van der Waals surface area contributed by atoms with Gasteiger partial charge in [0.1, 0.15) is 11.5 Å². The summed E-state index contributed by atoms with van der Waals surface area (Å²) in [5, 5.41) is 3.46. The van der Waals surface area contributed by atoms with E-state index in [4.69, 9.17) is 9.47 Å². The Balaban J connectivity index is 1.47. The summed E-state index contributed by atoms with van der Waals surface area (Å²) < 4.78 is 11.7. The van der Waals surface area contributed by atoms with Gasteiger partial charge in [0.25, 0.3) is 0 Å². The molecule has 0 amide bonds. The monoisotopic (exact) mass is 375 g/mol. The SMILES string of the molecule is CCC(C)Oc1ccc(CNc2cccc(OCCc3ccccc3)c2)cc1. The van der Waals surface area contributed by atoms with Crippen molar-refractivity contribution in [2.45, 2.75) is 39.3 Å². The van der Waals surface area contributed by atoms with Crippen LogP contribution in [0.5, 0.6) is 11.5 Å². The molecule has 1 atom stereocenters. The molecule has 28 heavy (non-hydrogen) atoms. The Morgan fingerprint density at radius 2 is 1.61 bits per heavy atom. The molecule has 0 aliphatic rings. The third-order valence-electron chi connectivity index (χ3n) is 4.67. The second-order valence-electron chi connectivity index (χ2n) is 6.95. The van der Waals surface area contributed by atoms with Gasteiger partial charge in [-0.2, -0.15) is 0 Å². The quantitative estimate of drug-likeness (QED) is 0.464. The molecule has 1 unspecified atom stereocenters. The molecular formula is C25H29NO2. The normalized spacial score (nSPS) is 11.6. The average molecular weight is 376 g/mol. The second kappa shape index (κ2) is 10.4. The number of nitrogens with one attached hydrogen (secondary N) is 1. The number of rotatable bonds is 10. The summed E-state index contributed by atoms with van der Waals surface area (Å²) in [5.74, 6) is 1.81. The summed E-state index contributed by atoms with van der Waals surface area (Å²) >= 11 is 0. The van der Waals surface area contributed by atoms with Crippen molar-refractivity contribution in [1.29, 1.82) is 0 Å². The molecular weight excluding hydrogens is 346 g/mol. The Morgan fingerprint density at radius 3 is 2.36 bits per heavy atom. The van der Waals surface area contributed by atoms with Gasteiger partial charge in [0.15, 0.2) is 0 Å². The van der Waals surface area contributed by atoms with E-state index >= 15 is 0 Å². The van der Waals surface area contributed by atoms with E-state index in [1.54, 1.807) is 0 Å². The maximum Gasteiger partial charge on any atom is 0.121 e. The third kappa shape index (κ3) is 6.34. The highest BCUT2D eigenvalue weighted by atomic mass is 16.5. The molecule has 1 N–H and O–H groups in total. The van der Waals surface area contributed by atoms with Crippen LogP contribution in [0.15, 0.2) is 78.9 Å². The van der Waals surface area contributed by atoms with E-state index in [1.165, 1.54) is 11.1 Å². The van der Waals surface area contributed by atoms with Crippen LogP contribution in [-0.4, -0.2) is 12.7 Å². The Labute approximate surface area is 168 Å². The van der Waals surface area contributed by atoms with Crippen LogP contribution in [0.3, 0.4) is 0 Å².